The van der Waals surface area contributed by atoms with E-state index in [2.05, 4.69) is 4.72 Å². The fourth-order valence-electron chi connectivity index (χ4n) is 1.52. The molecule has 0 fully saturated rings. The lowest BCUT2D eigenvalue weighted by atomic mass is 10.2. The maximum atomic E-state index is 12.0. The number of phenolic OH excluding ortho intramolecular Hbond substituents is 1. The monoisotopic (exact) mass is 278 g/mol. The summed E-state index contributed by atoms with van der Waals surface area (Å²) in [5, 5.41) is 9.14. The molecular weight excluding hydrogens is 264 g/mol. The van der Waals surface area contributed by atoms with E-state index in [9.17, 15) is 8.42 Å². The number of sulfonamides is 1. The number of nitrogen functional groups attached to an aromatic ring is 1. The summed E-state index contributed by atoms with van der Waals surface area (Å²) in [6.07, 6.45) is 0. The molecule has 0 aliphatic carbocycles. The van der Waals surface area contributed by atoms with E-state index >= 15 is 0 Å². The van der Waals surface area contributed by atoms with Crippen molar-refractivity contribution in [1.29, 1.82) is 0 Å². The smallest absolute Gasteiger partial charge is 0.240 e. The van der Waals surface area contributed by atoms with Gasteiger partial charge in [-0.25, -0.2) is 13.1 Å². The number of rotatable bonds is 4. The number of hydrogen-bond acceptors (Lipinski definition) is 4. The molecule has 0 aromatic heterocycles. The molecule has 4 N–H and O–H groups in total. The van der Waals surface area contributed by atoms with Gasteiger partial charge in [-0.05, 0) is 42.0 Å². The van der Waals surface area contributed by atoms with Crippen LogP contribution >= 0.6 is 0 Å². The van der Waals surface area contributed by atoms with E-state index in [1.54, 1.807) is 12.1 Å². The second kappa shape index (κ2) is 5.29. The zero-order chi connectivity index (χ0) is 13.9. The molecule has 100 valence electrons. The molecule has 19 heavy (non-hydrogen) atoms. The molecule has 0 unspecified atom stereocenters. The van der Waals surface area contributed by atoms with E-state index in [4.69, 9.17) is 10.8 Å². The van der Waals surface area contributed by atoms with Gasteiger partial charge < -0.3 is 10.8 Å². The molecule has 0 amide bonds. The maximum absolute atomic E-state index is 12.0. The van der Waals surface area contributed by atoms with Gasteiger partial charge in [-0.15, -0.1) is 0 Å². The van der Waals surface area contributed by atoms with Gasteiger partial charge in [-0.1, -0.05) is 12.1 Å². The number of anilines is 1. The van der Waals surface area contributed by atoms with E-state index in [-0.39, 0.29) is 17.2 Å². The van der Waals surface area contributed by atoms with Crippen LogP contribution < -0.4 is 10.5 Å². The Balaban J connectivity index is 2.09. The summed E-state index contributed by atoms with van der Waals surface area (Å²) in [7, 11) is -3.55. The Morgan fingerprint density at radius 2 is 1.58 bits per heavy atom. The summed E-state index contributed by atoms with van der Waals surface area (Å²) in [6, 6.07) is 12.3. The van der Waals surface area contributed by atoms with Crippen molar-refractivity contribution in [2.45, 2.75) is 11.4 Å². The quantitative estimate of drug-likeness (QED) is 0.738. The van der Waals surface area contributed by atoms with Crippen LogP contribution in [0.5, 0.6) is 5.75 Å². The summed E-state index contributed by atoms with van der Waals surface area (Å²) >= 11 is 0. The van der Waals surface area contributed by atoms with Gasteiger partial charge in [0, 0.05) is 12.2 Å². The van der Waals surface area contributed by atoms with Crippen LogP contribution in [-0.2, 0) is 16.6 Å². The molecule has 2 rings (SSSR count). The highest BCUT2D eigenvalue weighted by Crippen LogP contribution is 2.13. The second-order valence-corrected chi connectivity index (χ2v) is 5.83. The summed E-state index contributed by atoms with van der Waals surface area (Å²) in [5.41, 5.74) is 6.78. The van der Waals surface area contributed by atoms with Gasteiger partial charge in [-0.2, -0.15) is 0 Å². The number of phenols is 1. The van der Waals surface area contributed by atoms with Gasteiger partial charge >= 0.3 is 0 Å². The SMILES string of the molecule is Nc1ccc(S(=O)(=O)NCc2ccc(O)cc2)cc1. The van der Waals surface area contributed by atoms with Crippen LogP contribution in [0.25, 0.3) is 0 Å². The first-order valence-corrected chi connectivity index (χ1v) is 7.09. The Hall–Kier alpha value is -2.05. The van der Waals surface area contributed by atoms with Crippen LogP contribution in [0.2, 0.25) is 0 Å². The molecule has 0 saturated carbocycles. The first kappa shape index (κ1) is 13.4. The van der Waals surface area contributed by atoms with Gasteiger partial charge in [0.25, 0.3) is 0 Å². The third-order valence-electron chi connectivity index (χ3n) is 2.59. The second-order valence-electron chi connectivity index (χ2n) is 4.06. The van der Waals surface area contributed by atoms with Crippen molar-refractivity contribution in [1.82, 2.24) is 4.72 Å². The Labute approximate surface area is 111 Å². The fraction of sp³-hybridized carbons (Fsp3) is 0.0769. The van der Waals surface area contributed by atoms with E-state index in [0.717, 1.165) is 5.56 Å². The molecule has 0 saturated heterocycles. The first-order valence-electron chi connectivity index (χ1n) is 5.60. The standard InChI is InChI=1S/C13H14N2O3S/c14-11-3-7-13(8-4-11)19(17,18)15-9-10-1-5-12(16)6-2-10/h1-8,15-16H,9,14H2. The van der Waals surface area contributed by atoms with Gasteiger partial charge in [0.05, 0.1) is 4.90 Å². The summed E-state index contributed by atoms with van der Waals surface area (Å²) in [5.74, 6) is 0.144. The first-order chi connectivity index (χ1) is 8.97. The molecule has 2 aromatic rings. The Morgan fingerprint density at radius 3 is 2.16 bits per heavy atom. The van der Waals surface area contributed by atoms with Crippen molar-refractivity contribution in [3.8, 4) is 5.75 Å². The molecule has 0 bridgehead atoms. The van der Waals surface area contributed by atoms with Gasteiger partial charge in [0.1, 0.15) is 5.75 Å². The lowest BCUT2D eigenvalue weighted by Gasteiger charge is -2.07. The van der Waals surface area contributed by atoms with Crippen molar-refractivity contribution < 1.29 is 13.5 Å². The summed E-state index contributed by atoms with van der Waals surface area (Å²) < 4.78 is 26.4. The van der Waals surface area contributed by atoms with E-state index in [1.165, 1.54) is 36.4 Å². The van der Waals surface area contributed by atoms with Crippen molar-refractivity contribution >= 4 is 15.7 Å². The summed E-state index contributed by atoms with van der Waals surface area (Å²) in [4.78, 5) is 0.167. The van der Waals surface area contributed by atoms with Crippen molar-refractivity contribution in [2.75, 3.05) is 5.73 Å². The number of aromatic hydroxyl groups is 1. The van der Waals surface area contributed by atoms with Crippen molar-refractivity contribution in [3.63, 3.8) is 0 Å². The largest absolute Gasteiger partial charge is 0.508 e. The number of nitrogens with one attached hydrogen (secondary N) is 1. The lowest BCUT2D eigenvalue weighted by molar-refractivity contribution is 0.475. The Kier molecular flexibility index (Phi) is 3.73. The Bertz CT molecular complexity index is 649. The summed E-state index contributed by atoms with van der Waals surface area (Å²) in [6.45, 7) is 0.160. The zero-order valence-corrected chi connectivity index (χ0v) is 10.9. The van der Waals surface area contributed by atoms with Gasteiger partial charge in [-0.3, -0.25) is 0 Å². The highest BCUT2D eigenvalue weighted by molar-refractivity contribution is 7.89. The van der Waals surface area contributed by atoms with E-state index in [1.807, 2.05) is 0 Å². The average Bonchev–Trinajstić information content (AvgIpc) is 2.39. The molecule has 0 aliphatic rings. The molecule has 0 radical (unpaired) electrons. The van der Waals surface area contributed by atoms with Crippen LogP contribution in [0.3, 0.4) is 0 Å². The maximum Gasteiger partial charge on any atom is 0.240 e. The Morgan fingerprint density at radius 1 is 1.00 bits per heavy atom. The molecule has 2 aromatic carbocycles. The van der Waals surface area contributed by atoms with Crippen LogP contribution in [0, 0.1) is 0 Å². The highest BCUT2D eigenvalue weighted by Gasteiger charge is 2.12. The third kappa shape index (κ3) is 3.46. The number of benzene rings is 2. The number of nitrogens with two attached hydrogens (primary N) is 1. The van der Waals surface area contributed by atoms with Gasteiger partial charge in [0.15, 0.2) is 0 Å². The van der Waals surface area contributed by atoms with Gasteiger partial charge in [0.2, 0.25) is 10.0 Å². The lowest BCUT2D eigenvalue weighted by Crippen LogP contribution is -2.23. The van der Waals surface area contributed by atoms with Crippen LogP contribution in [0.4, 0.5) is 5.69 Å². The normalized spacial score (nSPS) is 11.4. The molecular formula is C13H14N2O3S. The van der Waals surface area contributed by atoms with Crippen LogP contribution in [-0.4, -0.2) is 13.5 Å². The fourth-order valence-corrected chi connectivity index (χ4v) is 2.54. The van der Waals surface area contributed by atoms with Crippen molar-refractivity contribution in [2.24, 2.45) is 0 Å². The zero-order valence-electron chi connectivity index (χ0n) is 10.1. The minimum Gasteiger partial charge on any atom is -0.508 e. The third-order valence-corrected chi connectivity index (χ3v) is 4.01. The number of hydrogen-bond donors (Lipinski definition) is 3. The van der Waals surface area contributed by atoms with Crippen LogP contribution in [0.1, 0.15) is 5.56 Å². The van der Waals surface area contributed by atoms with Crippen LogP contribution in [0.15, 0.2) is 53.4 Å². The van der Waals surface area contributed by atoms with E-state index < -0.39 is 10.0 Å². The topological polar surface area (TPSA) is 92.4 Å². The van der Waals surface area contributed by atoms with E-state index in [0.29, 0.717) is 5.69 Å². The minimum absolute atomic E-state index is 0.144. The predicted octanol–water partition coefficient (Wildman–Crippen LogP) is 1.45. The average molecular weight is 278 g/mol. The predicted molar refractivity (Wildman–Crippen MR) is 73.0 cm³/mol. The molecule has 0 heterocycles. The molecule has 0 spiro atoms. The van der Waals surface area contributed by atoms with Crippen molar-refractivity contribution in [3.05, 3.63) is 54.1 Å². The molecule has 0 atom stereocenters. The molecule has 6 heteroatoms. The molecule has 5 nitrogen and oxygen atoms in total. The molecule has 0 aliphatic heterocycles. The minimum atomic E-state index is -3.55. The highest BCUT2D eigenvalue weighted by atomic mass is 32.2.